The zero-order chi connectivity index (χ0) is 24.9. The molecular formula is C26H30ClN5O3. The Kier molecular flexibility index (Phi) is 7.91. The summed E-state index contributed by atoms with van der Waals surface area (Å²) in [4.78, 5) is 19.0. The maximum absolute atomic E-state index is 12.2. The molecule has 4 rings (SSSR count). The van der Waals surface area contributed by atoms with Gasteiger partial charge in [-0.15, -0.1) is 0 Å². The number of fused-ring (bicyclic) bond motifs is 1. The Morgan fingerprint density at radius 3 is 2.86 bits per heavy atom. The quantitative estimate of drug-likeness (QED) is 0.487. The van der Waals surface area contributed by atoms with E-state index in [1.807, 2.05) is 12.1 Å². The maximum Gasteiger partial charge on any atom is 0.250 e. The maximum atomic E-state index is 12.2. The fourth-order valence-electron chi connectivity index (χ4n) is 4.82. The van der Waals surface area contributed by atoms with Gasteiger partial charge in [-0.05, 0) is 61.2 Å². The third-order valence-corrected chi connectivity index (χ3v) is 6.98. The Labute approximate surface area is 210 Å². The number of aromatic nitrogens is 2. The van der Waals surface area contributed by atoms with Gasteiger partial charge < -0.3 is 24.3 Å². The summed E-state index contributed by atoms with van der Waals surface area (Å²) in [5.41, 5.74) is 3.96. The number of methoxy groups -OCH3 is 2. The Bertz CT molecular complexity index is 1320. The van der Waals surface area contributed by atoms with E-state index < -0.39 is 0 Å². The normalized spacial score (nSPS) is 15.9. The minimum atomic E-state index is -0.0634. The largest absolute Gasteiger partial charge is 0.493 e. The molecule has 1 fully saturated rings. The third-order valence-electron chi connectivity index (χ3n) is 6.65. The second-order valence-electron chi connectivity index (χ2n) is 8.88. The number of benzene rings is 1. The van der Waals surface area contributed by atoms with E-state index in [0.29, 0.717) is 34.5 Å². The van der Waals surface area contributed by atoms with Gasteiger partial charge in [-0.2, -0.15) is 5.26 Å². The lowest BCUT2D eigenvalue weighted by Gasteiger charge is -2.18. The lowest BCUT2D eigenvalue weighted by atomic mass is 10.1. The Morgan fingerprint density at radius 2 is 2.11 bits per heavy atom. The molecule has 0 bridgehead atoms. The van der Waals surface area contributed by atoms with Crippen LogP contribution in [0.1, 0.15) is 23.1 Å². The summed E-state index contributed by atoms with van der Waals surface area (Å²) >= 11 is 6.49. The molecule has 0 radical (unpaired) electrons. The highest BCUT2D eigenvalue weighted by Gasteiger charge is 2.23. The van der Waals surface area contributed by atoms with E-state index in [1.165, 1.54) is 13.2 Å². The van der Waals surface area contributed by atoms with E-state index >= 15 is 0 Å². The molecule has 1 atom stereocenters. The van der Waals surface area contributed by atoms with Crippen LogP contribution in [0.15, 0.2) is 35.3 Å². The molecule has 0 aliphatic carbocycles. The van der Waals surface area contributed by atoms with Crippen LogP contribution in [0.2, 0.25) is 5.02 Å². The molecular weight excluding hydrogens is 466 g/mol. The van der Waals surface area contributed by atoms with E-state index in [9.17, 15) is 10.1 Å². The molecule has 1 aliphatic heterocycles. The molecule has 1 N–H and O–H groups in total. The van der Waals surface area contributed by atoms with Gasteiger partial charge in [-0.1, -0.05) is 11.6 Å². The van der Waals surface area contributed by atoms with Crippen LogP contribution in [0.25, 0.3) is 11.0 Å². The average molecular weight is 496 g/mol. The highest BCUT2D eigenvalue weighted by molar-refractivity contribution is 6.32. The van der Waals surface area contributed by atoms with Gasteiger partial charge in [0.15, 0.2) is 11.5 Å². The molecule has 184 valence electrons. The number of ether oxygens (including phenoxy) is 2. The van der Waals surface area contributed by atoms with Crippen LogP contribution in [0.3, 0.4) is 0 Å². The van der Waals surface area contributed by atoms with Gasteiger partial charge >= 0.3 is 0 Å². The van der Waals surface area contributed by atoms with Crippen LogP contribution >= 0.6 is 11.6 Å². The number of nitrogens with one attached hydrogen (secondary N) is 1. The minimum absolute atomic E-state index is 0.0634. The first-order valence-electron chi connectivity index (χ1n) is 11.7. The number of hydrogen-bond acceptors (Lipinski definition) is 7. The Morgan fingerprint density at radius 1 is 1.29 bits per heavy atom. The SMILES string of the molecule is COc1cc(CNC[C@H]2CCN(CCc3c(Cl)cnc4ccc(=O)n(C)c34)C2)cc(C#N)c1OC. The molecule has 0 amide bonds. The molecule has 35 heavy (non-hydrogen) atoms. The van der Waals surface area contributed by atoms with E-state index in [1.54, 1.807) is 31.0 Å². The van der Waals surface area contributed by atoms with Crippen molar-refractivity contribution in [1.82, 2.24) is 19.8 Å². The van der Waals surface area contributed by atoms with Crippen molar-refractivity contribution in [2.24, 2.45) is 13.0 Å². The Hall–Kier alpha value is -3.12. The zero-order valence-electron chi connectivity index (χ0n) is 20.3. The monoisotopic (exact) mass is 495 g/mol. The summed E-state index contributed by atoms with van der Waals surface area (Å²) in [5, 5.41) is 13.5. The number of halogens is 1. The standard InChI is InChI=1S/C26H30ClN5O3/c1-31-24(33)5-4-22-25(31)20(21(27)15-30-22)7-9-32-8-6-17(16-32)13-29-14-18-10-19(12-28)26(35-3)23(11-18)34-2/h4-5,10-11,15,17,29H,6-9,13-14,16H2,1-3H3/t17-/m1/s1. The van der Waals surface area contributed by atoms with Crippen LogP contribution in [0.5, 0.6) is 11.5 Å². The number of nitriles is 1. The van der Waals surface area contributed by atoms with Crippen molar-refractivity contribution in [2.45, 2.75) is 19.4 Å². The molecule has 0 spiro atoms. The predicted molar refractivity (Wildman–Crippen MR) is 136 cm³/mol. The molecule has 2 aromatic heterocycles. The van der Waals surface area contributed by atoms with Gasteiger partial charge in [-0.25, -0.2) is 0 Å². The highest BCUT2D eigenvalue weighted by Crippen LogP contribution is 2.32. The van der Waals surface area contributed by atoms with Gasteiger partial charge in [0.1, 0.15) is 6.07 Å². The molecule has 3 aromatic rings. The van der Waals surface area contributed by atoms with E-state index in [2.05, 4.69) is 21.3 Å². The third kappa shape index (κ3) is 5.43. The second-order valence-corrected chi connectivity index (χ2v) is 9.28. The van der Waals surface area contributed by atoms with Crippen molar-refractivity contribution in [3.05, 3.63) is 62.5 Å². The van der Waals surface area contributed by atoms with Crippen LogP contribution in [-0.2, 0) is 20.0 Å². The number of hydrogen-bond donors (Lipinski definition) is 1. The van der Waals surface area contributed by atoms with E-state index in [0.717, 1.165) is 61.2 Å². The van der Waals surface area contributed by atoms with Gasteiger partial charge in [0.25, 0.3) is 5.56 Å². The van der Waals surface area contributed by atoms with Crippen LogP contribution in [0, 0.1) is 17.2 Å². The first-order valence-corrected chi connectivity index (χ1v) is 12.0. The van der Waals surface area contributed by atoms with Crippen molar-refractivity contribution >= 4 is 22.6 Å². The molecule has 3 heterocycles. The van der Waals surface area contributed by atoms with Crippen LogP contribution < -0.4 is 20.3 Å². The zero-order valence-corrected chi connectivity index (χ0v) is 21.1. The van der Waals surface area contributed by atoms with Gasteiger partial charge in [0.05, 0.1) is 35.8 Å². The molecule has 1 aliphatic rings. The number of nitrogens with zero attached hydrogens (tertiary/aromatic N) is 4. The fraction of sp³-hybridized carbons (Fsp3) is 0.423. The van der Waals surface area contributed by atoms with Crippen molar-refractivity contribution in [1.29, 1.82) is 5.26 Å². The number of aryl methyl sites for hydroxylation is 1. The summed E-state index contributed by atoms with van der Waals surface area (Å²) in [6.07, 6.45) is 3.55. The molecule has 1 aromatic carbocycles. The lowest BCUT2D eigenvalue weighted by Crippen LogP contribution is -2.28. The van der Waals surface area contributed by atoms with Gasteiger partial charge in [0, 0.05) is 38.9 Å². The predicted octanol–water partition coefficient (Wildman–Crippen LogP) is 3.13. The summed E-state index contributed by atoms with van der Waals surface area (Å²) < 4.78 is 12.3. The minimum Gasteiger partial charge on any atom is -0.493 e. The molecule has 1 saturated heterocycles. The number of rotatable bonds is 9. The van der Waals surface area contributed by atoms with E-state index in [4.69, 9.17) is 21.1 Å². The van der Waals surface area contributed by atoms with Crippen molar-refractivity contribution in [3.63, 3.8) is 0 Å². The van der Waals surface area contributed by atoms with Crippen LogP contribution in [0.4, 0.5) is 0 Å². The van der Waals surface area contributed by atoms with Gasteiger partial charge in [0.2, 0.25) is 0 Å². The van der Waals surface area contributed by atoms with Crippen LogP contribution in [-0.4, -0.2) is 54.8 Å². The van der Waals surface area contributed by atoms with Crippen molar-refractivity contribution < 1.29 is 9.47 Å². The van der Waals surface area contributed by atoms with Crippen molar-refractivity contribution in [3.8, 4) is 17.6 Å². The smallest absolute Gasteiger partial charge is 0.250 e. The summed E-state index contributed by atoms with van der Waals surface area (Å²) in [7, 11) is 4.88. The summed E-state index contributed by atoms with van der Waals surface area (Å²) in [6.45, 7) is 4.45. The molecule has 9 heteroatoms. The van der Waals surface area contributed by atoms with Crippen molar-refractivity contribution in [2.75, 3.05) is 40.4 Å². The first-order chi connectivity index (χ1) is 16.9. The Balaban J connectivity index is 1.33. The number of likely N-dealkylation sites (tertiary alicyclic amines) is 1. The summed E-state index contributed by atoms with van der Waals surface area (Å²) in [5.74, 6) is 1.57. The molecule has 0 unspecified atom stereocenters. The number of pyridine rings is 2. The molecule has 0 saturated carbocycles. The average Bonchev–Trinajstić information content (AvgIpc) is 3.32. The lowest BCUT2D eigenvalue weighted by molar-refractivity contribution is 0.325. The van der Waals surface area contributed by atoms with E-state index in [-0.39, 0.29) is 5.56 Å². The topological polar surface area (TPSA) is 92.4 Å². The molecule has 8 nitrogen and oxygen atoms in total. The fourth-order valence-corrected chi connectivity index (χ4v) is 5.05. The van der Waals surface area contributed by atoms with Gasteiger partial charge in [-0.3, -0.25) is 9.78 Å². The summed E-state index contributed by atoms with van der Waals surface area (Å²) in [6, 6.07) is 9.21. The first kappa shape index (κ1) is 25.0. The second kappa shape index (κ2) is 11.1. The highest BCUT2D eigenvalue weighted by atomic mass is 35.5.